The van der Waals surface area contributed by atoms with E-state index in [9.17, 15) is 8.78 Å². The summed E-state index contributed by atoms with van der Waals surface area (Å²) in [7, 11) is 1.37. The molecule has 3 rings (SSSR count). The Morgan fingerprint density at radius 2 is 2.12 bits per heavy atom. The third kappa shape index (κ3) is 4.45. The SMILES string of the molecule is COc1cc(-c2noc(CSc3nc(C)cs3)n2)ccc1OC(F)F. The van der Waals surface area contributed by atoms with Crippen molar-refractivity contribution in [3.8, 4) is 22.9 Å². The number of aryl methyl sites for hydroxylation is 1. The van der Waals surface area contributed by atoms with Crippen LogP contribution in [0.1, 0.15) is 11.6 Å². The van der Waals surface area contributed by atoms with Crippen molar-refractivity contribution in [2.75, 3.05) is 7.11 Å². The van der Waals surface area contributed by atoms with Crippen molar-refractivity contribution in [2.24, 2.45) is 0 Å². The van der Waals surface area contributed by atoms with E-state index in [2.05, 4.69) is 19.9 Å². The molecule has 25 heavy (non-hydrogen) atoms. The van der Waals surface area contributed by atoms with E-state index in [0.29, 0.717) is 23.0 Å². The largest absolute Gasteiger partial charge is 0.493 e. The summed E-state index contributed by atoms with van der Waals surface area (Å²) in [5, 5.41) is 5.88. The van der Waals surface area contributed by atoms with Crippen LogP contribution in [-0.4, -0.2) is 28.8 Å². The minimum Gasteiger partial charge on any atom is -0.493 e. The van der Waals surface area contributed by atoms with Gasteiger partial charge in [-0.1, -0.05) is 16.9 Å². The Morgan fingerprint density at radius 1 is 1.28 bits per heavy atom. The number of thiazole rings is 1. The molecule has 0 fully saturated rings. The van der Waals surface area contributed by atoms with Crippen LogP contribution in [0, 0.1) is 6.92 Å². The van der Waals surface area contributed by atoms with E-state index >= 15 is 0 Å². The Balaban J connectivity index is 1.72. The summed E-state index contributed by atoms with van der Waals surface area (Å²) in [4.78, 5) is 8.65. The van der Waals surface area contributed by atoms with Crippen LogP contribution in [0.5, 0.6) is 11.5 Å². The first kappa shape index (κ1) is 17.6. The summed E-state index contributed by atoms with van der Waals surface area (Å²) < 4.78 is 40.3. The van der Waals surface area contributed by atoms with Gasteiger partial charge in [0.15, 0.2) is 15.8 Å². The zero-order chi connectivity index (χ0) is 17.8. The topological polar surface area (TPSA) is 70.3 Å². The molecule has 0 aliphatic heterocycles. The lowest BCUT2D eigenvalue weighted by Gasteiger charge is -2.10. The molecule has 0 amide bonds. The molecule has 10 heteroatoms. The normalized spacial score (nSPS) is 11.1. The lowest BCUT2D eigenvalue weighted by Crippen LogP contribution is -2.03. The van der Waals surface area contributed by atoms with E-state index in [4.69, 9.17) is 9.26 Å². The Hall–Kier alpha value is -2.20. The van der Waals surface area contributed by atoms with E-state index in [0.717, 1.165) is 10.0 Å². The van der Waals surface area contributed by atoms with Crippen molar-refractivity contribution >= 4 is 23.1 Å². The molecular weight excluding hydrogens is 372 g/mol. The number of halogens is 2. The van der Waals surface area contributed by atoms with E-state index < -0.39 is 6.61 Å². The van der Waals surface area contributed by atoms with Crippen LogP contribution in [0.4, 0.5) is 8.78 Å². The van der Waals surface area contributed by atoms with Crippen LogP contribution in [0.25, 0.3) is 11.4 Å². The predicted octanol–water partition coefficient (Wildman–Crippen LogP) is 4.40. The van der Waals surface area contributed by atoms with Gasteiger partial charge in [0.1, 0.15) is 0 Å². The monoisotopic (exact) mass is 385 g/mol. The van der Waals surface area contributed by atoms with Crippen LogP contribution in [0.3, 0.4) is 0 Å². The van der Waals surface area contributed by atoms with Crippen molar-refractivity contribution in [1.82, 2.24) is 15.1 Å². The quantitative estimate of drug-likeness (QED) is 0.558. The fraction of sp³-hybridized carbons (Fsp3) is 0.267. The molecule has 132 valence electrons. The second-order valence-electron chi connectivity index (χ2n) is 4.80. The maximum atomic E-state index is 12.4. The first-order valence-electron chi connectivity index (χ1n) is 7.06. The maximum Gasteiger partial charge on any atom is 0.387 e. The number of hydrogen-bond acceptors (Lipinski definition) is 8. The highest BCUT2D eigenvalue weighted by Gasteiger charge is 2.15. The standard InChI is InChI=1S/C15H13F2N3O3S2/c1-8-6-24-15(18-8)25-7-12-19-13(20-23-12)9-3-4-10(22-14(16)17)11(5-9)21-2/h3-6,14H,7H2,1-2H3. The van der Waals surface area contributed by atoms with Crippen LogP contribution in [0.15, 0.2) is 32.4 Å². The number of thioether (sulfide) groups is 1. The first-order valence-corrected chi connectivity index (χ1v) is 8.92. The summed E-state index contributed by atoms with van der Waals surface area (Å²) >= 11 is 3.06. The number of aromatic nitrogens is 3. The second-order valence-corrected chi connectivity index (χ2v) is 6.88. The van der Waals surface area contributed by atoms with Gasteiger partial charge in [0, 0.05) is 16.6 Å². The van der Waals surface area contributed by atoms with E-state index in [1.54, 1.807) is 17.4 Å². The minimum atomic E-state index is -2.93. The van der Waals surface area contributed by atoms with Gasteiger partial charge in [0.05, 0.1) is 12.9 Å². The van der Waals surface area contributed by atoms with Crippen molar-refractivity contribution < 1.29 is 22.8 Å². The summed E-state index contributed by atoms with van der Waals surface area (Å²) in [6.07, 6.45) is 0. The molecule has 0 spiro atoms. The Kier molecular flexibility index (Phi) is 5.49. The minimum absolute atomic E-state index is 0.0559. The number of rotatable bonds is 7. The molecule has 1 aromatic carbocycles. The highest BCUT2D eigenvalue weighted by atomic mass is 32.2. The van der Waals surface area contributed by atoms with Crippen molar-refractivity contribution in [2.45, 2.75) is 23.6 Å². The number of hydrogen-bond donors (Lipinski definition) is 0. The molecule has 0 saturated carbocycles. The predicted molar refractivity (Wildman–Crippen MR) is 89.3 cm³/mol. The van der Waals surface area contributed by atoms with Crippen LogP contribution in [-0.2, 0) is 5.75 Å². The molecule has 2 aromatic heterocycles. The molecule has 0 saturated heterocycles. The van der Waals surface area contributed by atoms with E-state index in [1.165, 1.54) is 31.0 Å². The Morgan fingerprint density at radius 3 is 2.80 bits per heavy atom. The molecule has 6 nitrogen and oxygen atoms in total. The summed E-state index contributed by atoms with van der Waals surface area (Å²) in [6, 6.07) is 4.46. The molecular formula is C15H13F2N3O3S2. The number of alkyl halides is 2. The van der Waals surface area contributed by atoms with Crippen molar-refractivity contribution in [3.63, 3.8) is 0 Å². The molecule has 0 unspecified atom stereocenters. The highest BCUT2D eigenvalue weighted by Crippen LogP contribution is 2.33. The molecule has 2 heterocycles. The highest BCUT2D eigenvalue weighted by molar-refractivity contribution is 8.00. The fourth-order valence-corrected chi connectivity index (χ4v) is 3.64. The summed E-state index contributed by atoms with van der Waals surface area (Å²) in [5.74, 6) is 1.38. The van der Waals surface area contributed by atoms with Gasteiger partial charge in [-0.2, -0.15) is 13.8 Å². The van der Waals surface area contributed by atoms with Gasteiger partial charge in [-0.05, 0) is 25.1 Å². The number of methoxy groups -OCH3 is 1. The fourth-order valence-electron chi connectivity index (χ4n) is 1.95. The van der Waals surface area contributed by atoms with Gasteiger partial charge in [-0.25, -0.2) is 4.98 Å². The smallest absolute Gasteiger partial charge is 0.387 e. The van der Waals surface area contributed by atoms with Gasteiger partial charge in [0.25, 0.3) is 0 Å². The molecule has 0 N–H and O–H groups in total. The Labute approximate surface area is 150 Å². The number of ether oxygens (including phenoxy) is 2. The molecule has 3 aromatic rings. The van der Waals surface area contributed by atoms with Gasteiger partial charge < -0.3 is 14.0 Å². The average Bonchev–Trinajstić information content (AvgIpc) is 3.22. The van der Waals surface area contributed by atoms with Gasteiger partial charge >= 0.3 is 6.61 Å². The zero-order valence-electron chi connectivity index (χ0n) is 13.2. The Bertz CT molecular complexity index is 854. The first-order chi connectivity index (χ1) is 12.0. The summed E-state index contributed by atoms with van der Waals surface area (Å²) in [6.45, 7) is -0.997. The lowest BCUT2D eigenvalue weighted by atomic mass is 10.2. The summed E-state index contributed by atoms with van der Waals surface area (Å²) in [5.41, 5.74) is 1.54. The van der Waals surface area contributed by atoms with Crippen LogP contribution < -0.4 is 9.47 Å². The van der Waals surface area contributed by atoms with Gasteiger partial charge in [0.2, 0.25) is 11.7 Å². The molecule has 0 aliphatic rings. The molecule has 0 bridgehead atoms. The third-order valence-corrected chi connectivity index (χ3v) is 5.15. The van der Waals surface area contributed by atoms with Crippen LogP contribution in [0.2, 0.25) is 0 Å². The lowest BCUT2D eigenvalue weighted by molar-refractivity contribution is -0.0512. The molecule has 0 atom stereocenters. The molecule has 0 aliphatic carbocycles. The number of benzene rings is 1. The van der Waals surface area contributed by atoms with Gasteiger partial charge in [-0.3, -0.25) is 0 Å². The van der Waals surface area contributed by atoms with Crippen molar-refractivity contribution in [3.05, 3.63) is 35.2 Å². The van der Waals surface area contributed by atoms with Crippen LogP contribution >= 0.6 is 23.1 Å². The maximum absolute atomic E-state index is 12.4. The zero-order valence-corrected chi connectivity index (χ0v) is 14.9. The average molecular weight is 385 g/mol. The number of nitrogens with zero attached hydrogens (tertiary/aromatic N) is 3. The van der Waals surface area contributed by atoms with E-state index in [1.807, 2.05) is 12.3 Å². The molecule has 0 radical (unpaired) electrons. The van der Waals surface area contributed by atoms with Gasteiger partial charge in [-0.15, -0.1) is 11.3 Å². The second kappa shape index (κ2) is 7.79. The van der Waals surface area contributed by atoms with E-state index in [-0.39, 0.29) is 11.5 Å². The third-order valence-electron chi connectivity index (χ3n) is 3.02. The van der Waals surface area contributed by atoms with Crippen molar-refractivity contribution in [1.29, 1.82) is 0 Å².